The number of hydrogen-bond acceptors (Lipinski definition) is 3. The molecular weight excluding hydrogens is 324 g/mol. The van der Waals surface area contributed by atoms with Crippen LogP contribution in [-0.4, -0.2) is 31.1 Å². The quantitative estimate of drug-likeness (QED) is 0.566. The molecule has 0 amide bonds. The molecule has 1 aliphatic rings. The number of rotatable bonds is 8. The van der Waals surface area contributed by atoms with E-state index in [9.17, 15) is 0 Å². The van der Waals surface area contributed by atoms with E-state index in [0.717, 1.165) is 42.8 Å². The summed E-state index contributed by atoms with van der Waals surface area (Å²) in [5, 5.41) is 6.73. The number of pyridine rings is 1. The molecule has 26 heavy (non-hydrogen) atoms. The van der Waals surface area contributed by atoms with Crippen LogP contribution in [0.3, 0.4) is 0 Å². The zero-order chi connectivity index (χ0) is 18.2. The zero-order valence-electron chi connectivity index (χ0n) is 15.7. The third kappa shape index (κ3) is 5.76. The second-order valence-corrected chi connectivity index (χ2v) is 6.83. The number of guanidine groups is 1. The number of benzene rings is 1. The lowest BCUT2D eigenvalue weighted by atomic mass is 10.1. The van der Waals surface area contributed by atoms with Gasteiger partial charge in [-0.3, -0.25) is 9.98 Å². The van der Waals surface area contributed by atoms with Crippen LogP contribution in [-0.2, 0) is 13.0 Å². The summed E-state index contributed by atoms with van der Waals surface area (Å²) in [7, 11) is 1.79. The molecule has 0 spiro atoms. The third-order valence-corrected chi connectivity index (χ3v) is 4.49. The van der Waals surface area contributed by atoms with E-state index in [-0.39, 0.29) is 0 Å². The smallest absolute Gasteiger partial charge is 0.191 e. The van der Waals surface area contributed by atoms with Crippen molar-refractivity contribution in [1.29, 1.82) is 0 Å². The van der Waals surface area contributed by atoms with Crippen LogP contribution in [0, 0.1) is 12.8 Å². The first-order valence-corrected chi connectivity index (χ1v) is 9.30. The van der Waals surface area contributed by atoms with Gasteiger partial charge in [-0.05, 0) is 55.4 Å². The molecule has 5 heteroatoms. The van der Waals surface area contributed by atoms with Gasteiger partial charge in [0.1, 0.15) is 5.75 Å². The fraction of sp³-hybridized carbons (Fsp3) is 0.429. The lowest BCUT2D eigenvalue weighted by Gasteiger charge is -2.15. The number of aryl methyl sites for hydroxylation is 1. The van der Waals surface area contributed by atoms with Crippen LogP contribution in [0.15, 0.2) is 47.7 Å². The standard InChI is InChI=1S/C21H28N4O/c1-16-5-8-19(20(12-16)26-15-18-6-7-18)14-25-21(22-2)24-11-9-17-4-3-10-23-13-17/h3-5,8,10,12-13,18H,6-7,9,11,14-15H2,1-2H3,(H2,22,24,25). The maximum Gasteiger partial charge on any atom is 0.191 e. The third-order valence-electron chi connectivity index (χ3n) is 4.49. The first-order chi connectivity index (χ1) is 12.7. The van der Waals surface area contributed by atoms with Crippen LogP contribution in [0.1, 0.15) is 29.5 Å². The highest BCUT2D eigenvalue weighted by Gasteiger charge is 2.22. The van der Waals surface area contributed by atoms with Crippen molar-refractivity contribution in [3.05, 3.63) is 59.4 Å². The maximum atomic E-state index is 6.04. The second-order valence-electron chi connectivity index (χ2n) is 6.83. The van der Waals surface area contributed by atoms with Gasteiger partial charge < -0.3 is 15.4 Å². The van der Waals surface area contributed by atoms with Crippen molar-refractivity contribution in [3.8, 4) is 5.75 Å². The molecule has 0 bridgehead atoms. The molecule has 138 valence electrons. The maximum absolute atomic E-state index is 6.04. The van der Waals surface area contributed by atoms with Crippen LogP contribution in [0.5, 0.6) is 5.75 Å². The van der Waals surface area contributed by atoms with Gasteiger partial charge in [0, 0.05) is 38.1 Å². The number of nitrogens with one attached hydrogen (secondary N) is 2. The van der Waals surface area contributed by atoms with Crippen molar-refractivity contribution in [2.45, 2.75) is 32.7 Å². The van der Waals surface area contributed by atoms with Gasteiger partial charge in [-0.25, -0.2) is 0 Å². The van der Waals surface area contributed by atoms with Gasteiger partial charge in [0.05, 0.1) is 6.61 Å². The number of nitrogens with zero attached hydrogens (tertiary/aromatic N) is 2. The molecule has 1 fully saturated rings. The van der Waals surface area contributed by atoms with E-state index in [1.54, 1.807) is 13.2 Å². The van der Waals surface area contributed by atoms with Gasteiger partial charge in [-0.1, -0.05) is 18.2 Å². The molecule has 0 radical (unpaired) electrons. The Hall–Kier alpha value is -2.56. The van der Waals surface area contributed by atoms with Crippen LogP contribution in [0.2, 0.25) is 0 Å². The molecule has 1 saturated carbocycles. The van der Waals surface area contributed by atoms with Gasteiger partial charge in [0.2, 0.25) is 0 Å². The molecule has 1 heterocycles. The lowest BCUT2D eigenvalue weighted by molar-refractivity contribution is 0.296. The minimum absolute atomic E-state index is 0.687. The van der Waals surface area contributed by atoms with Crippen molar-refractivity contribution in [3.63, 3.8) is 0 Å². The molecule has 2 aromatic rings. The summed E-state index contributed by atoms with van der Waals surface area (Å²) in [6.07, 6.45) is 7.20. The van der Waals surface area contributed by atoms with E-state index < -0.39 is 0 Å². The highest BCUT2D eigenvalue weighted by atomic mass is 16.5. The van der Waals surface area contributed by atoms with Crippen molar-refractivity contribution in [1.82, 2.24) is 15.6 Å². The van der Waals surface area contributed by atoms with Crippen LogP contribution in [0.4, 0.5) is 0 Å². The molecule has 2 N–H and O–H groups in total. The van der Waals surface area contributed by atoms with E-state index >= 15 is 0 Å². The van der Waals surface area contributed by atoms with Gasteiger partial charge in [-0.2, -0.15) is 0 Å². The van der Waals surface area contributed by atoms with Gasteiger partial charge in [0.15, 0.2) is 5.96 Å². The first-order valence-electron chi connectivity index (χ1n) is 9.30. The number of aliphatic imine (C=N–C) groups is 1. The SMILES string of the molecule is CN=C(NCCc1cccnc1)NCc1ccc(C)cc1OCC1CC1. The van der Waals surface area contributed by atoms with E-state index in [0.29, 0.717) is 6.54 Å². The van der Waals surface area contributed by atoms with Crippen LogP contribution < -0.4 is 15.4 Å². The first kappa shape index (κ1) is 18.2. The summed E-state index contributed by atoms with van der Waals surface area (Å²) in [4.78, 5) is 8.45. The zero-order valence-corrected chi connectivity index (χ0v) is 15.7. The predicted molar refractivity (Wildman–Crippen MR) is 106 cm³/mol. The lowest BCUT2D eigenvalue weighted by Crippen LogP contribution is -2.37. The van der Waals surface area contributed by atoms with Crippen molar-refractivity contribution >= 4 is 5.96 Å². The summed E-state index contributed by atoms with van der Waals surface area (Å²) in [6, 6.07) is 10.4. The Balaban J connectivity index is 1.49. The Morgan fingerprint density at radius 3 is 2.88 bits per heavy atom. The topological polar surface area (TPSA) is 58.5 Å². The predicted octanol–water partition coefficient (Wildman–Crippen LogP) is 3.09. The van der Waals surface area contributed by atoms with Gasteiger partial charge in [0.25, 0.3) is 0 Å². The fourth-order valence-electron chi connectivity index (χ4n) is 2.71. The molecule has 1 aromatic carbocycles. The van der Waals surface area contributed by atoms with E-state index in [1.165, 1.54) is 24.0 Å². The largest absolute Gasteiger partial charge is 0.493 e. The average Bonchev–Trinajstić information content (AvgIpc) is 3.49. The highest BCUT2D eigenvalue weighted by Crippen LogP contribution is 2.30. The Morgan fingerprint density at radius 1 is 1.27 bits per heavy atom. The highest BCUT2D eigenvalue weighted by molar-refractivity contribution is 5.79. The summed E-state index contributed by atoms with van der Waals surface area (Å²) < 4.78 is 6.04. The van der Waals surface area contributed by atoms with Crippen LogP contribution >= 0.6 is 0 Å². The van der Waals surface area contributed by atoms with Crippen molar-refractivity contribution < 1.29 is 4.74 Å². The minimum atomic E-state index is 0.687. The Morgan fingerprint density at radius 2 is 2.15 bits per heavy atom. The number of ether oxygens (including phenoxy) is 1. The fourth-order valence-corrected chi connectivity index (χ4v) is 2.71. The van der Waals surface area contributed by atoms with Crippen LogP contribution in [0.25, 0.3) is 0 Å². The molecule has 0 atom stereocenters. The van der Waals surface area contributed by atoms with Gasteiger partial charge in [-0.15, -0.1) is 0 Å². The van der Waals surface area contributed by atoms with Gasteiger partial charge >= 0.3 is 0 Å². The molecule has 0 aliphatic heterocycles. The Labute approximate surface area is 155 Å². The molecule has 5 nitrogen and oxygen atoms in total. The van der Waals surface area contributed by atoms with Crippen molar-refractivity contribution in [2.75, 3.05) is 20.2 Å². The Kier molecular flexibility index (Phi) is 6.47. The monoisotopic (exact) mass is 352 g/mol. The van der Waals surface area contributed by atoms with E-state index in [4.69, 9.17) is 4.74 Å². The molecule has 0 saturated heterocycles. The number of aromatic nitrogens is 1. The number of hydrogen-bond donors (Lipinski definition) is 2. The normalized spacial score (nSPS) is 14.2. The van der Waals surface area contributed by atoms with Crippen molar-refractivity contribution in [2.24, 2.45) is 10.9 Å². The molecule has 1 aliphatic carbocycles. The summed E-state index contributed by atoms with van der Waals surface area (Å²) in [6.45, 7) is 4.42. The summed E-state index contributed by atoms with van der Waals surface area (Å²) in [5.41, 5.74) is 3.59. The minimum Gasteiger partial charge on any atom is -0.493 e. The molecule has 3 rings (SSSR count). The summed E-state index contributed by atoms with van der Waals surface area (Å²) >= 11 is 0. The molecule has 1 aromatic heterocycles. The van der Waals surface area contributed by atoms with E-state index in [2.05, 4.69) is 51.8 Å². The average molecular weight is 352 g/mol. The summed E-state index contributed by atoms with van der Waals surface area (Å²) in [5.74, 6) is 2.52. The molecule has 0 unspecified atom stereocenters. The van der Waals surface area contributed by atoms with E-state index in [1.807, 2.05) is 12.3 Å². The second kappa shape index (κ2) is 9.22. The molecular formula is C21H28N4O. The Bertz CT molecular complexity index is 726.